The van der Waals surface area contributed by atoms with Gasteiger partial charge in [0.2, 0.25) is 0 Å². The first-order valence-electron chi connectivity index (χ1n) is 7.54. The minimum absolute atomic E-state index is 0.0441. The van der Waals surface area contributed by atoms with Crippen molar-refractivity contribution in [2.75, 3.05) is 44.5 Å². The largest absolute Gasteiger partial charge is 0.465 e. The van der Waals surface area contributed by atoms with Crippen LogP contribution in [0.5, 0.6) is 0 Å². The highest BCUT2D eigenvalue weighted by Gasteiger charge is 2.23. The van der Waals surface area contributed by atoms with Crippen molar-refractivity contribution < 1.29 is 37.3 Å². The molecule has 0 unspecified atom stereocenters. The van der Waals surface area contributed by atoms with Gasteiger partial charge in [0.1, 0.15) is 6.61 Å². The number of ether oxygens (including phenoxy) is 3. The second-order valence-corrected chi connectivity index (χ2v) is 8.08. The minimum Gasteiger partial charge on any atom is -0.465 e. The van der Waals surface area contributed by atoms with Crippen LogP contribution in [0.4, 0.5) is 4.79 Å². The molecule has 0 heterocycles. The summed E-state index contributed by atoms with van der Waals surface area (Å²) < 4.78 is 38.7. The van der Waals surface area contributed by atoms with Crippen LogP contribution in [-0.4, -0.2) is 75.7 Å². The van der Waals surface area contributed by atoms with Crippen LogP contribution in [0.1, 0.15) is 27.2 Å². The van der Waals surface area contributed by atoms with E-state index in [1.165, 1.54) is 6.92 Å². The number of carboxylic acid groups (broad SMARTS) is 1. The summed E-state index contributed by atoms with van der Waals surface area (Å²) in [5.74, 6) is -0.631. The van der Waals surface area contributed by atoms with Gasteiger partial charge in [0.25, 0.3) is 0 Å². The molecule has 0 aliphatic heterocycles. The molecule has 24 heavy (non-hydrogen) atoms. The maximum Gasteiger partial charge on any atom is 0.405 e. The van der Waals surface area contributed by atoms with Crippen LogP contribution in [0.25, 0.3) is 0 Å². The number of rotatable bonds is 13. The lowest BCUT2D eigenvalue weighted by Gasteiger charge is -2.24. The second kappa shape index (κ2) is 11.2. The van der Waals surface area contributed by atoms with Gasteiger partial charge in [0.15, 0.2) is 9.84 Å². The van der Waals surface area contributed by atoms with Crippen molar-refractivity contribution in [3.05, 3.63) is 0 Å². The van der Waals surface area contributed by atoms with Crippen molar-refractivity contribution in [3.8, 4) is 0 Å². The summed E-state index contributed by atoms with van der Waals surface area (Å²) in [7, 11) is -3.32. The molecule has 0 fully saturated rings. The van der Waals surface area contributed by atoms with Gasteiger partial charge in [-0.25, -0.2) is 13.2 Å². The third-order valence-corrected chi connectivity index (χ3v) is 4.54. The Kier molecular flexibility index (Phi) is 10.6. The van der Waals surface area contributed by atoms with E-state index in [-0.39, 0.29) is 56.9 Å². The lowest BCUT2D eigenvalue weighted by atomic mass is 10.0. The van der Waals surface area contributed by atoms with Gasteiger partial charge in [-0.05, 0) is 20.3 Å². The molecule has 0 spiro atoms. The summed E-state index contributed by atoms with van der Waals surface area (Å²) in [6, 6.07) is 0. The van der Waals surface area contributed by atoms with Crippen molar-refractivity contribution in [1.29, 1.82) is 0 Å². The fraction of sp³-hybridized carbons (Fsp3) is 0.857. The maximum absolute atomic E-state index is 11.9. The molecule has 0 rings (SSSR count). The zero-order valence-electron chi connectivity index (χ0n) is 14.4. The van der Waals surface area contributed by atoms with E-state index in [0.29, 0.717) is 0 Å². The van der Waals surface area contributed by atoms with E-state index in [0.717, 1.165) is 0 Å². The van der Waals surface area contributed by atoms with Crippen LogP contribution in [0.3, 0.4) is 0 Å². The first-order valence-corrected chi connectivity index (χ1v) is 9.36. The zero-order chi connectivity index (χ0) is 18.6. The molecule has 142 valence electrons. The lowest BCUT2D eigenvalue weighted by Crippen LogP contribution is -2.44. The fourth-order valence-corrected chi connectivity index (χ4v) is 3.01. The third-order valence-electron chi connectivity index (χ3n) is 2.93. The Morgan fingerprint density at radius 2 is 1.54 bits per heavy atom. The molecule has 0 radical (unpaired) electrons. The summed E-state index contributed by atoms with van der Waals surface area (Å²) in [4.78, 5) is 21.1. The highest BCUT2D eigenvalue weighted by atomic mass is 32.2. The summed E-state index contributed by atoms with van der Waals surface area (Å²) in [5, 5.41) is 10.9. The lowest BCUT2D eigenvalue weighted by molar-refractivity contribution is -0.142. The quantitative estimate of drug-likeness (QED) is 0.353. The van der Waals surface area contributed by atoms with Gasteiger partial charge in [-0.3, -0.25) is 4.79 Å². The first-order chi connectivity index (χ1) is 11.0. The highest BCUT2D eigenvalue weighted by Crippen LogP contribution is 2.10. The normalized spacial score (nSPS) is 12.0. The van der Waals surface area contributed by atoms with Crippen molar-refractivity contribution in [2.45, 2.75) is 32.7 Å². The molecule has 10 heteroatoms. The Labute approximate surface area is 142 Å². The molecule has 0 bridgehead atoms. The van der Waals surface area contributed by atoms with E-state index < -0.39 is 21.5 Å². The molecule has 0 saturated heterocycles. The summed E-state index contributed by atoms with van der Waals surface area (Å²) >= 11 is 0. The van der Waals surface area contributed by atoms with Crippen molar-refractivity contribution in [1.82, 2.24) is 5.32 Å². The number of esters is 1. The fourth-order valence-electron chi connectivity index (χ4n) is 1.62. The predicted molar refractivity (Wildman–Crippen MR) is 86.8 cm³/mol. The minimum atomic E-state index is -3.32. The van der Waals surface area contributed by atoms with Crippen LogP contribution in [-0.2, 0) is 28.8 Å². The summed E-state index contributed by atoms with van der Waals surface area (Å²) in [6.07, 6.45) is -1.00. The number of nitrogens with one attached hydrogen (secondary N) is 1. The van der Waals surface area contributed by atoms with E-state index in [1.54, 1.807) is 13.8 Å². The number of amides is 1. The average Bonchev–Trinajstić information content (AvgIpc) is 2.42. The van der Waals surface area contributed by atoms with Crippen molar-refractivity contribution in [2.24, 2.45) is 0 Å². The van der Waals surface area contributed by atoms with E-state index in [9.17, 15) is 18.0 Å². The number of sulfone groups is 1. The predicted octanol–water partition coefficient (Wildman–Crippen LogP) is 0.434. The van der Waals surface area contributed by atoms with Crippen LogP contribution in [0.2, 0.25) is 0 Å². The standard InChI is InChI=1S/C14H27NO8S/c1-12(16)23-8-7-21-5-6-22-9-11-24(19,20)10-4-14(2,3)15-13(17)18/h15H,4-11H2,1-3H3,(H,17,18). The number of hydrogen-bond acceptors (Lipinski definition) is 7. The Balaban J connectivity index is 3.74. The molecule has 2 N–H and O–H groups in total. The van der Waals surface area contributed by atoms with Crippen LogP contribution < -0.4 is 5.32 Å². The van der Waals surface area contributed by atoms with E-state index in [2.05, 4.69) is 10.1 Å². The smallest absolute Gasteiger partial charge is 0.405 e. The van der Waals surface area contributed by atoms with Gasteiger partial charge >= 0.3 is 12.1 Å². The number of hydrogen-bond donors (Lipinski definition) is 2. The van der Waals surface area contributed by atoms with E-state index >= 15 is 0 Å². The Bertz CT molecular complexity index is 489. The molecule has 0 aromatic carbocycles. The molecule has 9 nitrogen and oxygen atoms in total. The molecule has 0 aliphatic carbocycles. The van der Waals surface area contributed by atoms with Gasteiger partial charge in [-0.15, -0.1) is 0 Å². The second-order valence-electron chi connectivity index (χ2n) is 5.78. The van der Waals surface area contributed by atoms with Gasteiger partial charge < -0.3 is 24.6 Å². The Morgan fingerprint density at radius 3 is 2.08 bits per heavy atom. The topological polar surface area (TPSA) is 128 Å². The average molecular weight is 369 g/mol. The molecular formula is C14H27NO8S. The summed E-state index contributed by atoms with van der Waals surface area (Å²) in [5.41, 5.74) is -0.810. The molecule has 1 amide bonds. The van der Waals surface area contributed by atoms with Gasteiger partial charge in [-0.2, -0.15) is 0 Å². The molecule has 0 aromatic heterocycles. The van der Waals surface area contributed by atoms with Gasteiger partial charge in [0, 0.05) is 12.5 Å². The zero-order valence-corrected chi connectivity index (χ0v) is 15.2. The summed E-state index contributed by atoms with van der Waals surface area (Å²) in [6.45, 7) is 5.54. The molecule has 0 aliphatic rings. The number of carbonyl (C=O) groups is 2. The van der Waals surface area contributed by atoms with Crippen LogP contribution in [0.15, 0.2) is 0 Å². The van der Waals surface area contributed by atoms with Crippen LogP contribution >= 0.6 is 0 Å². The van der Waals surface area contributed by atoms with Crippen molar-refractivity contribution in [3.63, 3.8) is 0 Å². The van der Waals surface area contributed by atoms with Crippen molar-refractivity contribution >= 4 is 21.9 Å². The molecule has 0 atom stereocenters. The molecular weight excluding hydrogens is 342 g/mol. The molecule has 0 saturated carbocycles. The maximum atomic E-state index is 11.9. The Morgan fingerprint density at radius 1 is 1.00 bits per heavy atom. The van der Waals surface area contributed by atoms with Gasteiger partial charge in [0.05, 0.1) is 37.9 Å². The van der Waals surface area contributed by atoms with Gasteiger partial charge in [-0.1, -0.05) is 0 Å². The highest BCUT2D eigenvalue weighted by molar-refractivity contribution is 7.91. The van der Waals surface area contributed by atoms with E-state index in [1.807, 2.05) is 0 Å². The molecule has 0 aromatic rings. The first kappa shape index (κ1) is 22.6. The van der Waals surface area contributed by atoms with E-state index in [4.69, 9.17) is 14.6 Å². The Hall–Kier alpha value is -1.39. The monoisotopic (exact) mass is 369 g/mol. The SMILES string of the molecule is CC(=O)OCCOCCOCCS(=O)(=O)CCC(C)(C)NC(=O)O. The number of carbonyl (C=O) groups excluding carboxylic acids is 1. The third kappa shape index (κ3) is 14.2. The van der Waals surface area contributed by atoms with Crippen LogP contribution in [0, 0.1) is 0 Å².